The summed E-state index contributed by atoms with van der Waals surface area (Å²) in [4.78, 5) is 13.5. The molecule has 4 rings (SSSR count). The summed E-state index contributed by atoms with van der Waals surface area (Å²) in [6.07, 6.45) is 3.78. The zero-order valence-electron chi connectivity index (χ0n) is 14.3. The molecule has 25 heavy (non-hydrogen) atoms. The zero-order valence-corrected chi connectivity index (χ0v) is 14.3. The summed E-state index contributed by atoms with van der Waals surface area (Å²) in [5.74, 6) is 2.38. The molecule has 0 N–H and O–H groups in total. The zero-order chi connectivity index (χ0) is 17.1. The Labute approximate surface area is 147 Å². The van der Waals surface area contributed by atoms with Crippen LogP contribution in [-0.2, 0) is 11.2 Å². The van der Waals surface area contributed by atoms with Gasteiger partial charge < -0.3 is 14.5 Å². The third-order valence-corrected chi connectivity index (χ3v) is 5.02. The highest BCUT2D eigenvalue weighted by Gasteiger charge is 2.24. The van der Waals surface area contributed by atoms with Crippen LogP contribution in [0.5, 0.6) is 0 Å². The minimum Gasteiger partial charge on any atom is -0.378 e. The molecule has 2 aliphatic heterocycles. The fraction of sp³-hybridized carbons (Fsp3) is 0.474. The highest BCUT2D eigenvalue weighted by atomic mass is 19.1. The van der Waals surface area contributed by atoms with E-state index in [1.807, 2.05) is 12.1 Å². The second-order valence-corrected chi connectivity index (χ2v) is 6.77. The first-order chi connectivity index (χ1) is 12.3. The molecular formula is C19H23FN4O. The van der Waals surface area contributed by atoms with Gasteiger partial charge in [0.15, 0.2) is 0 Å². The molecule has 1 atom stereocenters. The number of halogens is 1. The molecule has 0 saturated carbocycles. The Kier molecular flexibility index (Phi) is 4.78. The molecule has 2 aliphatic rings. The first kappa shape index (κ1) is 16.3. The summed E-state index contributed by atoms with van der Waals surface area (Å²) in [7, 11) is 0. The SMILES string of the molecule is Fc1ccc(C[C@@H]2CCN(c3cc(N4CCOCC4)ncn3)C2)cc1. The summed E-state index contributed by atoms with van der Waals surface area (Å²) < 4.78 is 18.5. The highest BCUT2D eigenvalue weighted by molar-refractivity contribution is 5.51. The molecule has 3 heterocycles. The number of hydrogen-bond donors (Lipinski definition) is 0. The Bertz CT molecular complexity index is 703. The van der Waals surface area contributed by atoms with Gasteiger partial charge in [0.1, 0.15) is 23.8 Å². The van der Waals surface area contributed by atoms with E-state index in [0.29, 0.717) is 5.92 Å². The molecule has 6 heteroatoms. The van der Waals surface area contributed by atoms with Crippen molar-refractivity contribution < 1.29 is 9.13 Å². The smallest absolute Gasteiger partial charge is 0.134 e. The van der Waals surface area contributed by atoms with Gasteiger partial charge in [-0.15, -0.1) is 0 Å². The molecule has 2 fully saturated rings. The molecule has 1 aromatic carbocycles. The van der Waals surface area contributed by atoms with Crippen LogP contribution in [-0.4, -0.2) is 49.4 Å². The number of rotatable bonds is 4. The lowest BCUT2D eigenvalue weighted by atomic mass is 9.99. The van der Waals surface area contributed by atoms with Crippen LogP contribution in [0.4, 0.5) is 16.0 Å². The van der Waals surface area contributed by atoms with Crippen LogP contribution in [0.1, 0.15) is 12.0 Å². The van der Waals surface area contributed by atoms with Gasteiger partial charge in [0.25, 0.3) is 0 Å². The Morgan fingerprint density at radius 3 is 2.48 bits per heavy atom. The third-order valence-electron chi connectivity index (χ3n) is 5.02. The third kappa shape index (κ3) is 3.90. The van der Waals surface area contributed by atoms with Gasteiger partial charge in [-0.2, -0.15) is 0 Å². The Balaban J connectivity index is 1.40. The molecule has 2 aromatic rings. The maximum absolute atomic E-state index is 13.0. The monoisotopic (exact) mass is 342 g/mol. The van der Waals surface area contributed by atoms with Crippen molar-refractivity contribution in [1.82, 2.24) is 9.97 Å². The van der Waals surface area contributed by atoms with Crippen LogP contribution < -0.4 is 9.80 Å². The molecule has 2 saturated heterocycles. The van der Waals surface area contributed by atoms with Crippen molar-refractivity contribution in [2.45, 2.75) is 12.8 Å². The van der Waals surface area contributed by atoms with E-state index in [2.05, 4.69) is 25.8 Å². The fourth-order valence-corrected chi connectivity index (χ4v) is 3.64. The number of benzene rings is 1. The van der Waals surface area contributed by atoms with Crippen LogP contribution in [0.3, 0.4) is 0 Å². The largest absolute Gasteiger partial charge is 0.378 e. The van der Waals surface area contributed by atoms with Gasteiger partial charge in [0.2, 0.25) is 0 Å². The second-order valence-electron chi connectivity index (χ2n) is 6.77. The molecular weight excluding hydrogens is 319 g/mol. The lowest BCUT2D eigenvalue weighted by molar-refractivity contribution is 0.122. The van der Waals surface area contributed by atoms with Crippen LogP contribution in [0.15, 0.2) is 36.7 Å². The van der Waals surface area contributed by atoms with Crippen LogP contribution >= 0.6 is 0 Å². The lowest BCUT2D eigenvalue weighted by Gasteiger charge is -2.28. The molecule has 132 valence electrons. The van der Waals surface area contributed by atoms with Crippen molar-refractivity contribution in [3.63, 3.8) is 0 Å². The van der Waals surface area contributed by atoms with E-state index in [1.54, 1.807) is 18.5 Å². The summed E-state index contributed by atoms with van der Waals surface area (Å²) in [6.45, 7) is 5.25. The van der Waals surface area contributed by atoms with E-state index >= 15 is 0 Å². The predicted molar refractivity (Wildman–Crippen MR) is 95.5 cm³/mol. The molecule has 0 amide bonds. The van der Waals surface area contributed by atoms with Crippen molar-refractivity contribution in [3.8, 4) is 0 Å². The normalized spacial score (nSPS) is 20.9. The lowest BCUT2D eigenvalue weighted by Crippen LogP contribution is -2.37. The molecule has 0 spiro atoms. The maximum Gasteiger partial charge on any atom is 0.134 e. The van der Waals surface area contributed by atoms with Gasteiger partial charge in [-0.3, -0.25) is 0 Å². The van der Waals surface area contributed by atoms with Gasteiger partial charge in [-0.25, -0.2) is 14.4 Å². The number of hydrogen-bond acceptors (Lipinski definition) is 5. The van der Waals surface area contributed by atoms with Crippen molar-refractivity contribution >= 4 is 11.6 Å². The first-order valence-corrected chi connectivity index (χ1v) is 8.92. The van der Waals surface area contributed by atoms with Crippen molar-refractivity contribution in [2.24, 2.45) is 5.92 Å². The van der Waals surface area contributed by atoms with Crippen molar-refractivity contribution in [1.29, 1.82) is 0 Å². The number of aromatic nitrogens is 2. The first-order valence-electron chi connectivity index (χ1n) is 8.92. The minimum atomic E-state index is -0.173. The average molecular weight is 342 g/mol. The van der Waals surface area contributed by atoms with Crippen molar-refractivity contribution in [3.05, 3.63) is 48.0 Å². The maximum atomic E-state index is 13.0. The van der Waals surface area contributed by atoms with Crippen LogP contribution in [0.2, 0.25) is 0 Å². The van der Waals surface area contributed by atoms with E-state index < -0.39 is 0 Å². The predicted octanol–water partition coefficient (Wildman–Crippen LogP) is 2.52. The standard InChI is InChI=1S/C19H23FN4O/c20-17-3-1-15(2-4-17)11-16-5-6-24(13-16)19-12-18(21-14-22-19)23-7-9-25-10-8-23/h1-4,12,14,16H,5-11,13H2/t16-/m0/s1. The van der Waals surface area contributed by atoms with Crippen molar-refractivity contribution in [2.75, 3.05) is 49.2 Å². The summed E-state index contributed by atoms with van der Waals surface area (Å²) in [6, 6.07) is 8.95. The van der Waals surface area contributed by atoms with Gasteiger partial charge in [-0.1, -0.05) is 12.1 Å². The number of anilines is 2. The van der Waals surface area contributed by atoms with E-state index in [0.717, 1.165) is 63.9 Å². The minimum absolute atomic E-state index is 0.173. The fourth-order valence-electron chi connectivity index (χ4n) is 3.64. The van der Waals surface area contributed by atoms with Gasteiger partial charge >= 0.3 is 0 Å². The molecule has 0 unspecified atom stereocenters. The van der Waals surface area contributed by atoms with Gasteiger partial charge in [-0.05, 0) is 36.5 Å². The molecule has 5 nitrogen and oxygen atoms in total. The Hall–Kier alpha value is -2.21. The van der Waals surface area contributed by atoms with Crippen LogP contribution in [0.25, 0.3) is 0 Å². The number of ether oxygens (including phenoxy) is 1. The molecule has 0 bridgehead atoms. The number of morpholine rings is 1. The molecule has 0 radical (unpaired) electrons. The quantitative estimate of drug-likeness (QED) is 0.854. The van der Waals surface area contributed by atoms with Crippen LogP contribution in [0, 0.1) is 11.7 Å². The molecule has 0 aliphatic carbocycles. The Morgan fingerprint density at radius 2 is 1.72 bits per heavy atom. The van der Waals surface area contributed by atoms with E-state index in [-0.39, 0.29) is 5.82 Å². The van der Waals surface area contributed by atoms with E-state index in [4.69, 9.17) is 4.74 Å². The second kappa shape index (κ2) is 7.35. The average Bonchev–Trinajstić information content (AvgIpc) is 3.13. The van der Waals surface area contributed by atoms with E-state index in [1.165, 1.54) is 5.56 Å². The number of nitrogens with zero attached hydrogens (tertiary/aromatic N) is 4. The van der Waals surface area contributed by atoms with Gasteiger partial charge in [0.05, 0.1) is 13.2 Å². The molecule has 1 aromatic heterocycles. The summed E-state index contributed by atoms with van der Waals surface area (Å²) in [5.41, 5.74) is 1.20. The summed E-state index contributed by atoms with van der Waals surface area (Å²) >= 11 is 0. The Morgan fingerprint density at radius 1 is 1.00 bits per heavy atom. The van der Waals surface area contributed by atoms with Gasteiger partial charge in [0, 0.05) is 32.2 Å². The summed E-state index contributed by atoms with van der Waals surface area (Å²) in [5, 5.41) is 0. The topological polar surface area (TPSA) is 41.5 Å². The highest BCUT2D eigenvalue weighted by Crippen LogP contribution is 2.26. The van der Waals surface area contributed by atoms with E-state index in [9.17, 15) is 4.39 Å².